The fourth-order valence-electron chi connectivity index (χ4n) is 2.85. The van der Waals surface area contributed by atoms with Gasteiger partial charge in [-0.1, -0.05) is 55.8 Å². The summed E-state index contributed by atoms with van der Waals surface area (Å²) >= 11 is 0. The molecule has 0 fully saturated rings. The van der Waals surface area contributed by atoms with Gasteiger partial charge in [-0.25, -0.2) is 0 Å². The van der Waals surface area contributed by atoms with Crippen molar-refractivity contribution in [2.75, 3.05) is 0 Å². The molecule has 1 aliphatic carbocycles. The molecule has 0 nitrogen and oxygen atoms in total. The first-order chi connectivity index (χ1) is 7.68. The zero-order chi connectivity index (χ0) is 11.5. The van der Waals surface area contributed by atoms with Crippen molar-refractivity contribution in [3.63, 3.8) is 0 Å². The van der Waals surface area contributed by atoms with Crippen LogP contribution in [0.2, 0.25) is 0 Å². The molecule has 0 bridgehead atoms. The number of rotatable bonds is 2. The highest BCUT2D eigenvalue weighted by molar-refractivity contribution is 5.28. The van der Waals surface area contributed by atoms with E-state index in [0.717, 1.165) is 11.8 Å². The number of benzene rings is 1. The van der Waals surface area contributed by atoms with E-state index >= 15 is 0 Å². The quantitative estimate of drug-likeness (QED) is 0.621. The van der Waals surface area contributed by atoms with Crippen LogP contribution in [0.5, 0.6) is 0 Å². The third kappa shape index (κ3) is 2.37. The topological polar surface area (TPSA) is 0 Å². The standard InChI is InChI=1S/C16H22/c1-12(2)15-10-9-13(3)11-16(15)14-7-5-4-6-8-14/h4-8,11-12,15-16H,9-10H2,1-3H3. The zero-order valence-electron chi connectivity index (χ0n) is 10.6. The zero-order valence-corrected chi connectivity index (χ0v) is 10.6. The van der Waals surface area contributed by atoms with Crippen molar-refractivity contribution >= 4 is 0 Å². The van der Waals surface area contributed by atoms with E-state index in [4.69, 9.17) is 0 Å². The van der Waals surface area contributed by atoms with E-state index in [0.29, 0.717) is 5.92 Å². The van der Waals surface area contributed by atoms with Crippen LogP contribution >= 0.6 is 0 Å². The molecule has 86 valence electrons. The van der Waals surface area contributed by atoms with Gasteiger partial charge in [-0.15, -0.1) is 0 Å². The molecule has 0 radical (unpaired) electrons. The van der Waals surface area contributed by atoms with Crippen LogP contribution in [0.3, 0.4) is 0 Å². The van der Waals surface area contributed by atoms with Crippen molar-refractivity contribution in [1.82, 2.24) is 0 Å². The normalized spacial score (nSPS) is 25.6. The summed E-state index contributed by atoms with van der Waals surface area (Å²) in [6.45, 7) is 6.98. The molecule has 2 atom stereocenters. The van der Waals surface area contributed by atoms with Crippen molar-refractivity contribution < 1.29 is 0 Å². The van der Waals surface area contributed by atoms with Gasteiger partial charge in [0.1, 0.15) is 0 Å². The Kier molecular flexibility index (Phi) is 3.48. The first-order valence-corrected chi connectivity index (χ1v) is 6.40. The van der Waals surface area contributed by atoms with Gasteiger partial charge >= 0.3 is 0 Å². The van der Waals surface area contributed by atoms with Crippen molar-refractivity contribution in [2.24, 2.45) is 11.8 Å². The molecular formula is C16H22. The predicted molar refractivity (Wildman–Crippen MR) is 70.5 cm³/mol. The molecule has 0 saturated carbocycles. The van der Waals surface area contributed by atoms with E-state index in [1.165, 1.54) is 18.4 Å². The lowest BCUT2D eigenvalue weighted by Gasteiger charge is -2.33. The molecule has 0 saturated heterocycles. The molecule has 0 N–H and O–H groups in total. The number of allylic oxidation sites excluding steroid dienone is 2. The SMILES string of the molecule is CC1=CC(c2ccccc2)C(C(C)C)CC1. The molecule has 0 amide bonds. The van der Waals surface area contributed by atoms with Gasteiger partial charge in [0.25, 0.3) is 0 Å². The summed E-state index contributed by atoms with van der Waals surface area (Å²) in [5, 5.41) is 0. The van der Waals surface area contributed by atoms with E-state index in [-0.39, 0.29) is 0 Å². The van der Waals surface area contributed by atoms with Crippen LogP contribution in [0.15, 0.2) is 42.0 Å². The van der Waals surface area contributed by atoms with Crippen molar-refractivity contribution in [1.29, 1.82) is 0 Å². The molecule has 1 aromatic carbocycles. The van der Waals surface area contributed by atoms with Gasteiger partial charge in [-0.05, 0) is 37.2 Å². The maximum atomic E-state index is 2.49. The van der Waals surface area contributed by atoms with Gasteiger partial charge in [0, 0.05) is 5.92 Å². The highest BCUT2D eigenvalue weighted by Gasteiger charge is 2.26. The maximum absolute atomic E-state index is 2.49. The van der Waals surface area contributed by atoms with Gasteiger partial charge in [0.15, 0.2) is 0 Å². The molecule has 16 heavy (non-hydrogen) atoms. The fourth-order valence-corrected chi connectivity index (χ4v) is 2.85. The summed E-state index contributed by atoms with van der Waals surface area (Å²) in [6, 6.07) is 11.0. The van der Waals surface area contributed by atoms with E-state index in [2.05, 4.69) is 57.2 Å². The van der Waals surface area contributed by atoms with Gasteiger partial charge in [0.05, 0.1) is 0 Å². The third-order valence-corrected chi connectivity index (χ3v) is 3.84. The summed E-state index contributed by atoms with van der Waals surface area (Å²) in [5.74, 6) is 2.22. The van der Waals surface area contributed by atoms with Crippen LogP contribution in [0.4, 0.5) is 0 Å². The van der Waals surface area contributed by atoms with Crippen molar-refractivity contribution in [3.8, 4) is 0 Å². The third-order valence-electron chi connectivity index (χ3n) is 3.84. The first kappa shape index (κ1) is 11.4. The molecule has 0 aliphatic heterocycles. The molecule has 2 unspecified atom stereocenters. The van der Waals surface area contributed by atoms with E-state index in [1.54, 1.807) is 5.57 Å². The minimum Gasteiger partial charge on any atom is -0.0778 e. The van der Waals surface area contributed by atoms with E-state index < -0.39 is 0 Å². The van der Waals surface area contributed by atoms with Gasteiger partial charge in [0.2, 0.25) is 0 Å². The fraction of sp³-hybridized carbons (Fsp3) is 0.500. The largest absolute Gasteiger partial charge is 0.0778 e. The Morgan fingerprint density at radius 1 is 1.12 bits per heavy atom. The van der Waals surface area contributed by atoms with Crippen molar-refractivity contribution in [2.45, 2.75) is 39.5 Å². The highest BCUT2D eigenvalue weighted by Crippen LogP contribution is 2.39. The molecule has 1 aromatic rings. The van der Waals surface area contributed by atoms with Crippen LogP contribution in [0.1, 0.15) is 45.1 Å². The average molecular weight is 214 g/mol. The Bertz CT molecular complexity index is 359. The first-order valence-electron chi connectivity index (χ1n) is 6.40. The lowest BCUT2D eigenvalue weighted by molar-refractivity contribution is 0.315. The average Bonchev–Trinajstić information content (AvgIpc) is 2.29. The van der Waals surface area contributed by atoms with Crippen LogP contribution < -0.4 is 0 Å². The minimum absolute atomic E-state index is 0.634. The summed E-state index contributed by atoms with van der Waals surface area (Å²) in [7, 11) is 0. The second-order valence-electron chi connectivity index (χ2n) is 5.40. The van der Waals surface area contributed by atoms with Gasteiger partial charge < -0.3 is 0 Å². The molecular weight excluding hydrogens is 192 g/mol. The Labute approximate surface area is 99.4 Å². The summed E-state index contributed by atoms with van der Waals surface area (Å²) in [4.78, 5) is 0. The molecule has 0 aromatic heterocycles. The Morgan fingerprint density at radius 2 is 1.81 bits per heavy atom. The summed E-state index contributed by atoms with van der Waals surface area (Å²) in [6.07, 6.45) is 5.12. The smallest absolute Gasteiger partial charge is 0.00513 e. The predicted octanol–water partition coefficient (Wildman–Crippen LogP) is 4.78. The monoisotopic (exact) mass is 214 g/mol. The van der Waals surface area contributed by atoms with Gasteiger partial charge in [-0.3, -0.25) is 0 Å². The van der Waals surface area contributed by atoms with Crippen LogP contribution in [0, 0.1) is 11.8 Å². The highest BCUT2D eigenvalue weighted by atomic mass is 14.3. The van der Waals surface area contributed by atoms with Crippen LogP contribution in [-0.4, -0.2) is 0 Å². The molecule has 0 heterocycles. The minimum atomic E-state index is 0.634. The van der Waals surface area contributed by atoms with E-state index in [1.807, 2.05) is 0 Å². The van der Waals surface area contributed by atoms with Crippen molar-refractivity contribution in [3.05, 3.63) is 47.5 Å². The van der Waals surface area contributed by atoms with Crippen LogP contribution in [0.25, 0.3) is 0 Å². The van der Waals surface area contributed by atoms with E-state index in [9.17, 15) is 0 Å². The molecule has 2 rings (SSSR count). The second-order valence-corrected chi connectivity index (χ2v) is 5.40. The lowest BCUT2D eigenvalue weighted by Crippen LogP contribution is -2.20. The Morgan fingerprint density at radius 3 is 2.44 bits per heavy atom. The molecule has 0 heteroatoms. The Balaban J connectivity index is 2.31. The summed E-state index contributed by atoms with van der Waals surface area (Å²) in [5.41, 5.74) is 3.05. The summed E-state index contributed by atoms with van der Waals surface area (Å²) < 4.78 is 0. The molecule has 0 spiro atoms. The Hall–Kier alpha value is -1.04. The second kappa shape index (κ2) is 4.86. The molecule has 1 aliphatic rings. The lowest BCUT2D eigenvalue weighted by atomic mass is 9.72. The number of hydrogen-bond donors (Lipinski definition) is 0. The van der Waals surface area contributed by atoms with Crippen LogP contribution in [-0.2, 0) is 0 Å². The number of hydrogen-bond acceptors (Lipinski definition) is 0. The van der Waals surface area contributed by atoms with Gasteiger partial charge in [-0.2, -0.15) is 0 Å². The maximum Gasteiger partial charge on any atom is 0.00513 e.